The number of carboxylic acids is 1. The van der Waals surface area contributed by atoms with Gasteiger partial charge in [-0.05, 0) is 23.8 Å². The number of nitrogens with zero attached hydrogens (tertiary/aromatic N) is 1. The Labute approximate surface area is 135 Å². The molecule has 2 aromatic carbocycles. The number of carboxylic acid groups (broad SMARTS) is 1. The molecule has 0 saturated carbocycles. The number of amides is 2. The van der Waals surface area contributed by atoms with Crippen LogP contribution in [0.15, 0.2) is 53.0 Å². The number of aliphatic carboxylic acids is 1. The first-order valence-electron chi connectivity index (χ1n) is 6.68. The molecule has 6 heteroatoms. The fraction of sp³-hybridized carbons (Fsp3) is 0.125. The SMILES string of the molecule is O=C([O-])CN1C(=O)Nc2ccc(Br)cc2[C@@H]1c1ccccc1. The third-order valence-corrected chi connectivity index (χ3v) is 4.03. The van der Waals surface area contributed by atoms with E-state index in [1.807, 2.05) is 42.5 Å². The van der Waals surface area contributed by atoms with Crippen LogP contribution in [0.3, 0.4) is 0 Å². The number of rotatable bonds is 3. The largest absolute Gasteiger partial charge is 0.548 e. The molecule has 1 aliphatic heterocycles. The second kappa shape index (κ2) is 5.81. The number of fused-ring (bicyclic) bond motifs is 1. The van der Waals surface area contributed by atoms with E-state index in [1.54, 1.807) is 6.07 Å². The molecule has 1 heterocycles. The van der Waals surface area contributed by atoms with E-state index in [9.17, 15) is 14.7 Å². The van der Waals surface area contributed by atoms with Crippen LogP contribution < -0.4 is 10.4 Å². The number of hydrogen-bond acceptors (Lipinski definition) is 3. The van der Waals surface area contributed by atoms with Crippen molar-refractivity contribution in [2.24, 2.45) is 0 Å². The smallest absolute Gasteiger partial charge is 0.322 e. The normalized spacial score (nSPS) is 16.9. The lowest BCUT2D eigenvalue weighted by molar-refractivity contribution is -0.306. The van der Waals surface area contributed by atoms with Gasteiger partial charge in [-0.1, -0.05) is 46.3 Å². The summed E-state index contributed by atoms with van der Waals surface area (Å²) in [5.41, 5.74) is 2.36. The van der Waals surface area contributed by atoms with Crippen molar-refractivity contribution in [3.63, 3.8) is 0 Å². The van der Waals surface area contributed by atoms with Crippen molar-refractivity contribution >= 4 is 33.6 Å². The van der Waals surface area contributed by atoms with E-state index >= 15 is 0 Å². The van der Waals surface area contributed by atoms with E-state index in [4.69, 9.17) is 0 Å². The molecule has 22 heavy (non-hydrogen) atoms. The Hall–Kier alpha value is -2.34. The van der Waals surface area contributed by atoms with Crippen LogP contribution in [0.2, 0.25) is 0 Å². The lowest BCUT2D eigenvalue weighted by Gasteiger charge is -2.38. The van der Waals surface area contributed by atoms with E-state index in [2.05, 4.69) is 21.2 Å². The lowest BCUT2D eigenvalue weighted by atomic mass is 9.94. The zero-order valence-corrected chi connectivity index (χ0v) is 13.0. The Morgan fingerprint density at radius 1 is 1.23 bits per heavy atom. The minimum atomic E-state index is -1.30. The van der Waals surface area contributed by atoms with Crippen molar-refractivity contribution in [2.75, 3.05) is 11.9 Å². The summed E-state index contributed by atoms with van der Waals surface area (Å²) in [7, 11) is 0. The predicted molar refractivity (Wildman–Crippen MR) is 83.2 cm³/mol. The van der Waals surface area contributed by atoms with E-state index in [0.29, 0.717) is 5.69 Å². The number of benzene rings is 2. The quantitative estimate of drug-likeness (QED) is 0.912. The van der Waals surface area contributed by atoms with Gasteiger partial charge in [-0.2, -0.15) is 0 Å². The van der Waals surface area contributed by atoms with Gasteiger partial charge in [0.2, 0.25) is 0 Å². The highest BCUT2D eigenvalue weighted by Crippen LogP contribution is 2.38. The molecule has 5 nitrogen and oxygen atoms in total. The maximum absolute atomic E-state index is 12.3. The van der Waals surface area contributed by atoms with Gasteiger partial charge in [-0.25, -0.2) is 4.79 Å². The first kappa shape index (κ1) is 14.6. The van der Waals surface area contributed by atoms with Crippen molar-refractivity contribution < 1.29 is 14.7 Å². The van der Waals surface area contributed by atoms with Gasteiger partial charge >= 0.3 is 6.03 Å². The van der Waals surface area contributed by atoms with Crippen molar-refractivity contribution in [1.29, 1.82) is 0 Å². The maximum atomic E-state index is 12.3. The summed E-state index contributed by atoms with van der Waals surface area (Å²) >= 11 is 3.42. The van der Waals surface area contributed by atoms with Gasteiger partial charge in [0.15, 0.2) is 0 Å². The number of urea groups is 1. The summed E-state index contributed by atoms with van der Waals surface area (Å²) in [5, 5.41) is 13.7. The molecular weight excluding hydrogens is 348 g/mol. The molecule has 0 fully saturated rings. The highest BCUT2D eigenvalue weighted by Gasteiger charge is 2.33. The van der Waals surface area contributed by atoms with E-state index in [-0.39, 0.29) is 0 Å². The number of nitrogens with one attached hydrogen (secondary N) is 1. The summed E-state index contributed by atoms with van der Waals surface area (Å²) in [5.74, 6) is -1.30. The first-order chi connectivity index (χ1) is 10.6. The summed E-state index contributed by atoms with van der Waals surface area (Å²) in [6.45, 7) is -0.475. The van der Waals surface area contributed by atoms with Crippen LogP contribution in [0, 0.1) is 0 Å². The van der Waals surface area contributed by atoms with Gasteiger partial charge in [0.25, 0.3) is 0 Å². The Morgan fingerprint density at radius 2 is 1.95 bits per heavy atom. The molecule has 2 aromatic rings. The number of carbonyl (C=O) groups is 2. The molecule has 1 atom stereocenters. The Kier molecular flexibility index (Phi) is 3.85. The second-order valence-electron chi connectivity index (χ2n) is 4.97. The molecule has 0 unspecified atom stereocenters. The zero-order valence-electron chi connectivity index (χ0n) is 11.5. The standard InChI is InChI=1S/C16H13BrN2O3/c17-11-6-7-13-12(8-11)15(10-4-2-1-3-5-10)19(9-14(20)21)16(22)18-13/h1-8,15H,9H2,(H,18,22)(H,20,21)/p-1/t15-/m0/s1. The van der Waals surface area contributed by atoms with Crippen molar-refractivity contribution in [3.05, 3.63) is 64.1 Å². The van der Waals surface area contributed by atoms with Crippen molar-refractivity contribution in [3.8, 4) is 0 Å². The highest BCUT2D eigenvalue weighted by molar-refractivity contribution is 9.10. The van der Waals surface area contributed by atoms with Gasteiger partial charge < -0.3 is 20.1 Å². The van der Waals surface area contributed by atoms with Gasteiger partial charge in [0.1, 0.15) is 0 Å². The summed E-state index contributed by atoms with van der Waals surface area (Å²) in [6, 6.07) is 13.9. The van der Waals surface area contributed by atoms with E-state index in [0.717, 1.165) is 15.6 Å². The molecule has 1 aliphatic rings. The Bertz CT molecular complexity index is 733. The molecule has 0 saturated heterocycles. The van der Waals surface area contributed by atoms with Crippen molar-refractivity contribution in [2.45, 2.75) is 6.04 Å². The number of halogens is 1. The molecule has 112 valence electrons. The van der Waals surface area contributed by atoms with Crippen LogP contribution in [0.5, 0.6) is 0 Å². The van der Waals surface area contributed by atoms with Gasteiger partial charge in [-0.15, -0.1) is 0 Å². The number of hydrogen-bond donors (Lipinski definition) is 1. The van der Waals surface area contributed by atoms with Crippen LogP contribution in [-0.4, -0.2) is 23.4 Å². The molecule has 2 amide bonds. The molecule has 0 aromatic heterocycles. The molecule has 1 N–H and O–H groups in total. The molecule has 0 radical (unpaired) electrons. The second-order valence-corrected chi connectivity index (χ2v) is 5.89. The van der Waals surface area contributed by atoms with Crippen LogP contribution in [0.4, 0.5) is 10.5 Å². The monoisotopic (exact) mass is 359 g/mol. The van der Waals surface area contributed by atoms with Gasteiger partial charge in [0, 0.05) is 15.7 Å². The first-order valence-corrected chi connectivity index (χ1v) is 7.47. The fourth-order valence-corrected chi connectivity index (χ4v) is 3.02. The molecular formula is C16H12BrN2O3-. The van der Waals surface area contributed by atoms with Crippen LogP contribution in [0.1, 0.15) is 17.2 Å². The number of anilines is 1. The average molecular weight is 360 g/mol. The minimum absolute atomic E-state index is 0.451. The molecule has 3 rings (SSSR count). The predicted octanol–water partition coefficient (Wildman–Crippen LogP) is 2.14. The highest BCUT2D eigenvalue weighted by atomic mass is 79.9. The lowest BCUT2D eigenvalue weighted by Crippen LogP contribution is -2.48. The topological polar surface area (TPSA) is 72.5 Å². The zero-order chi connectivity index (χ0) is 15.7. The van der Waals surface area contributed by atoms with Crippen LogP contribution in [-0.2, 0) is 4.79 Å². The van der Waals surface area contributed by atoms with Crippen molar-refractivity contribution in [1.82, 2.24) is 4.90 Å². The van der Waals surface area contributed by atoms with Crippen LogP contribution >= 0.6 is 15.9 Å². The third kappa shape index (κ3) is 2.69. The summed E-state index contributed by atoms with van der Waals surface area (Å²) in [6.07, 6.45) is 0. The number of carbonyl (C=O) groups excluding carboxylic acids is 2. The Balaban J connectivity index is 2.15. The van der Waals surface area contributed by atoms with Gasteiger partial charge in [-0.3, -0.25) is 0 Å². The van der Waals surface area contributed by atoms with Crippen LogP contribution in [0.25, 0.3) is 0 Å². The molecule has 0 spiro atoms. The third-order valence-electron chi connectivity index (χ3n) is 3.54. The summed E-state index contributed by atoms with van der Waals surface area (Å²) < 4.78 is 0.858. The Morgan fingerprint density at radius 3 is 2.64 bits per heavy atom. The molecule has 0 bridgehead atoms. The van der Waals surface area contributed by atoms with E-state index < -0.39 is 24.6 Å². The molecule has 0 aliphatic carbocycles. The minimum Gasteiger partial charge on any atom is -0.548 e. The average Bonchev–Trinajstić information content (AvgIpc) is 2.49. The maximum Gasteiger partial charge on any atom is 0.322 e. The summed E-state index contributed by atoms with van der Waals surface area (Å²) in [4.78, 5) is 24.6. The fourth-order valence-electron chi connectivity index (χ4n) is 2.64. The van der Waals surface area contributed by atoms with E-state index in [1.165, 1.54) is 4.90 Å². The van der Waals surface area contributed by atoms with Gasteiger partial charge in [0.05, 0.1) is 18.6 Å².